The molecular weight excluding hydrogens is 212 g/mol. The Kier molecular flexibility index (Phi) is 1.62. The molecule has 0 N–H and O–H groups in total. The van der Waals surface area contributed by atoms with Crippen molar-refractivity contribution in [3.63, 3.8) is 0 Å². The van der Waals surface area contributed by atoms with Crippen LogP contribution in [0, 0.1) is 0 Å². The second-order valence-corrected chi connectivity index (χ2v) is 2.80. The molecule has 4 heteroatoms. The normalized spacial score (nSPS) is 16.5. The van der Waals surface area contributed by atoms with Crippen LogP contribution < -0.4 is 0 Å². The molecule has 0 radical (unpaired) electrons. The van der Waals surface area contributed by atoms with Gasteiger partial charge in [0.15, 0.2) is 10.4 Å². The molecule has 0 unspecified atom stereocenters. The van der Waals surface area contributed by atoms with Gasteiger partial charge in [0.05, 0.1) is 0 Å². The van der Waals surface area contributed by atoms with Gasteiger partial charge < -0.3 is 13.9 Å². The summed E-state index contributed by atoms with van der Waals surface area (Å²) in [6.07, 6.45) is 2.56. The Bertz CT molecular complexity index is 271. The largest absolute Gasteiger partial charge is 0.452 e. The Hall–Kier alpha value is -0.900. The van der Waals surface area contributed by atoms with Crippen molar-refractivity contribution in [2.24, 2.45) is 0 Å². The van der Waals surface area contributed by atoms with Crippen LogP contribution in [-0.4, -0.2) is 0 Å². The van der Waals surface area contributed by atoms with Crippen LogP contribution in [0.4, 0.5) is 0 Å². The second kappa shape index (κ2) is 2.62. The van der Waals surface area contributed by atoms with Gasteiger partial charge in [-0.05, 0) is 28.1 Å². The third-order valence-corrected chi connectivity index (χ3v) is 1.71. The molecule has 1 aliphatic rings. The van der Waals surface area contributed by atoms with Gasteiger partial charge in [0, 0.05) is 0 Å². The lowest BCUT2D eigenvalue weighted by molar-refractivity contribution is -0.0409. The van der Waals surface area contributed by atoms with Crippen LogP contribution in [0.5, 0.6) is 0 Å². The average Bonchev–Trinajstić information content (AvgIpc) is 2.55. The fourth-order valence-electron chi connectivity index (χ4n) is 0.828. The van der Waals surface area contributed by atoms with Gasteiger partial charge in [-0.2, -0.15) is 0 Å². The molecule has 3 nitrogen and oxygen atoms in total. The molecule has 0 aromatic carbocycles. The van der Waals surface area contributed by atoms with Crippen molar-refractivity contribution in [1.29, 1.82) is 0 Å². The van der Waals surface area contributed by atoms with Crippen molar-refractivity contribution in [2.45, 2.75) is 6.29 Å². The predicted octanol–water partition coefficient (Wildman–Crippen LogP) is 2.56. The van der Waals surface area contributed by atoms with Crippen molar-refractivity contribution >= 4 is 15.9 Å². The number of hydrogen-bond donors (Lipinski definition) is 0. The van der Waals surface area contributed by atoms with Crippen LogP contribution >= 0.6 is 15.9 Å². The van der Waals surface area contributed by atoms with Gasteiger partial charge in [0.1, 0.15) is 12.5 Å². The molecule has 0 spiro atoms. The first-order valence-corrected chi connectivity index (χ1v) is 3.87. The quantitative estimate of drug-likeness (QED) is 0.724. The maximum atomic E-state index is 5.19. The number of rotatable bonds is 1. The Morgan fingerprint density at radius 2 is 1.91 bits per heavy atom. The van der Waals surface area contributed by atoms with Crippen LogP contribution in [-0.2, 0) is 9.47 Å². The van der Waals surface area contributed by atoms with E-state index in [0.29, 0.717) is 10.4 Å². The summed E-state index contributed by atoms with van der Waals surface area (Å²) < 4.78 is 15.9. The third kappa shape index (κ3) is 1.26. The van der Waals surface area contributed by atoms with Crippen molar-refractivity contribution in [3.8, 4) is 0 Å². The van der Waals surface area contributed by atoms with E-state index in [9.17, 15) is 0 Å². The average molecular weight is 217 g/mol. The molecule has 0 bridgehead atoms. The van der Waals surface area contributed by atoms with Crippen LogP contribution in [0.3, 0.4) is 0 Å². The number of furan rings is 1. The fourth-order valence-corrected chi connectivity index (χ4v) is 1.15. The summed E-state index contributed by atoms with van der Waals surface area (Å²) in [5.74, 6) is 0.655. The number of ether oxygens (including phenoxy) is 2. The number of halogens is 1. The zero-order valence-corrected chi connectivity index (χ0v) is 7.08. The van der Waals surface area contributed by atoms with Gasteiger partial charge in [-0.25, -0.2) is 0 Å². The van der Waals surface area contributed by atoms with E-state index in [0.717, 1.165) is 0 Å². The van der Waals surface area contributed by atoms with Crippen molar-refractivity contribution in [1.82, 2.24) is 0 Å². The summed E-state index contributed by atoms with van der Waals surface area (Å²) in [5, 5.41) is 0. The second-order valence-electron chi connectivity index (χ2n) is 2.02. The van der Waals surface area contributed by atoms with E-state index in [1.807, 2.05) is 0 Å². The minimum absolute atomic E-state index is 0.415. The highest BCUT2D eigenvalue weighted by Gasteiger charge is 2.18. The molecule has 0 atom stereocenters. The number of hydrogen-bond acceptors (Lipinski definition) is 3. The Labute approximate surface area is 71.7 Å². The van der Waals surface area contributed by atoms with Crippen LogP contribution in [0.25, 0.3) is 0 Å². The first-order chi connectivity index (χ1) is 5.36. The fraction of sp³-hybridized carbons (Fsp3) is 0.143. The van der Waals surface area contributed by atoms with Gasteiger partial charge in [-0.3, -0.25) is 0 Å². The maximum absolute atomic E-state index is 5.19. The molecule has 0 fully saturated rings. The zero-order chi connectivity index (χ0) is 7.68. The topological polar surface area (TPSA) is 31.6 Å². The van der Waals surface area contributed by atoms with Crippen LogP contribution in [0.2, 0.25) is 0 Å². The molecule has 0 aliphatic carbocycles. The molecule has 0 saturated heterocycles. The van der Waals surface area contributed by atoms with E-state index in [2.05, 4.69) is 15.9 Å². The SMILES string of the molecule is Brc1ccc(C2OC=CO2)o1. The monoisotopic (exact) mass is 216 g/mol. The summed E-state index contributed by atoms with van der Waals surface area (Å²) in [4.78, 5) is 0. The summed E-state index contributed by atoms with van der Waals surface area (Å²) in [5.41, 5.74) is 0. The molecule has 58 valence electrons. The highest BCUT2D eigenvalue weighted by atomic mass is 79.9. The molecule has 0 saturated carbocycles. The Morgan fingerprint density at radius 3 is 2.45 bits per heavy atom. The van der Waals surface area contributed by atoms with Gasteiger partial charge >= 0.3 is 0 Å². The van der Waals surface area contributed by atoms with E-state index in [-0.39, 0.29) is 0 Å². The van der Waals surface area contributed by atoms with Gasteiger partial charge in [0.25, 0.3) is 6.29 Å². The molecule has 1 aromatic heterocycles. The van der Waals surface area contributed by atoms with Crippen molar-refractivity contribution in [2.75, 3.05) is 0 Å². The summed E-state index contributed by atoms with van der Waals surface area (Å²) in [6, 6.07) is 3.59. The molecule has 2 rings (SSSR count). The minimum Gasteiger partial charge on any atom is -0.452 e. The molecule has 1 aromatic rings. The maximum Gasteiger partial charge on any atom is 0.299 e. The van der Waals surface area contributed by atoms with Gasteiger partial charge in [-0.15, -0.1) is 0 Å². The smallest absolute Gasteiger partial charge is 0.299 e. The van der Waals surface area contributed by atoms with Gasteiger partial charge in [-0.1, -0.05) is 0 Å². The Balaban J connectivity index is 2.17. The zero-order valence-electron chi connectivity index (χ0n) is 5.49. The lowest BCUT2D eigenvalue weighted by Gasteiger charge is -2.05. The lowest BCUT2D eigenvalue weighted by Crippen LogP contribution is -1.94. The van der Waals surface area contributed by atoms with Crippen molar-refractivity contribution < 1.29 is 13.9 Å². The van der Waals surface area contributed by atoms with Crippen molar-refractivity contribution in [3.05, 3.63) is 35.1 Å². The van der Waals surface area contributed by atoms with E-state index in [1.54, 1.807) is 12.1 Å². The Morgan fingerprint density at radius 1 is 1.18 bits per heavy atom. The van der Waals surface area contributed by atoms with E-state index < -0.39 is 6.29 Å². The predicted molar refractivity (Wildman–Crippen MR) is 40.5 cm³/mol. The first-order valence-electron chi connectivity index (χ1n) is 3.07. The summed E-state index contributed by atoms with van der Waals surface area (Å²) >= 11 is 3.18. The standard InChI is InChI=1S/C7H5BrO3/c8-6-2-1-5(11-6)7-9-3-4-10-7/h1-4,7H. The molecule has 0 amide bonds. The van der Waals surface area contributed by atoms with Crippen LogP contribution in [0.1, 0.15) is 12.1 Å². The summed E-state index contributed by atoms with van der Waals surface area (Å²) in [7, 11) is 0. The molecular formula is C7H5BrO3. The molecule has 11 heavy (non-hydrogen) atoms. The van der Waals surface area contributed by atoms with Gasteiger partial charge in [0.2, 0.25) is 0 Å². The lowest BCUT2D eigenvalue weighted by atomic mass is 10.4. The molecule has 2 heterocycles. The summed E-state index contributed by atoms with van der Waals surface area (Å²) in [6.45, 7) is 0. The molecule has 1 aliphatic heterocycles. The van der Waals surface area contributed by atoms with E-state index in [1.165, 1.54) is 12.5 Å². The highest BCUT2D eigenvalue weighted by Crippen LogP contribution is 2.27. The first kappa shape index (κ1) is 6.79. The van der Waals surface area contributed by atoms with E-state index >= 15 is 0 Å². The highest BCUT2D eigenvalue weighted by molar-refractivity contribution is 9.10. The third-order valence-electron chi connectivity index (χ3n) is 1.29. The van der Waals surface area contributed by atoms with E-state index in [4.69, 9.17) is 13.9 Å². The van der Waals surface area contributed by atoms with Crippen LogP contribution in [0.15, 0.2) is 33.7 Å². The minimum atomic E-state index is -0.415.